The Morgan fingerprint density at radius 3 is 1.59 bits per heavy atom. The van der Waals surface area contributed by atoms with Crippen LogP contribution in [0.2, 0.25) is 0 Å². The topological polar surface area (TPSA) is 98.0 Å². The van der Waals surface area contributed by atoms with Gasteiger partial charge in [-0.1, -0.05) is 70.4 Å². The lowest BCUT2D eigenvalue weighted by molar-refractivity contribution is -0.205. The summed E-state index contributed by atoms with van der Waals surface area (Å²) in [7, 11) is 0. The molecule has 1 unspecified atom stereocenters. The monoisotopic (exact) mass is 388 g/mol. The fraction of sp³-hybridized carbons (Fsp3) is 0.864. The van der Waals surface area contributed by atoms with Crippen LogP contribution in [0.5, 0.6) is 0 Å². The maximum atomic E-state index is 10.3. The largest absolute Gasteiger partial charge is 0.481 e. The average Bonchev–Trinajstić information content (AvgIpc) is 2.57. The van der Waals surface area contributed by atoms with Crippen LogP contribution in [-0.2, 0) is 4.79 Å². The summed E-state index contributed by atoms with van der Waals surface area (Å²) in [5, 5.41) is 33.7. The number of allylic oxidation sites excluding steroid dienone is 2. The molecular formula is C22H44O5. The molecule has 5 heteroatoms. The Hall–Kier alpha value is -0.910. The molecule has 0 radical (unpaired) electrons. The number of unbranched alkanes of at least 4 members (excludes halogenated alkanes) is 11. The third-order valence-corrected chi connectivity index (χ3v) is 4.44. The van der Waals surface area contributed by atoms with Gasteiger partial charge in [-0.15, -0.1) is 0 Å². The average molecular weight is 389 g/mol. The number of carboxylic acid groups (broad SMARTS) is 1. The van der Waals surface area contributed by atoms with Crippen LogP contribution in [0.25, 0.3) is 0 Å². The first-order chi connectivity index (χ1) is 12.7. The standard InChI is InChI=1S/C18H34O2.C4H10O3/c1-2-3-4-5-6-7-8-9-10-11-12-13-14-15-16-17-18(19)20;1-3(5)4(2,6)7/h9-10H,2-8,11-17H2,1H3,(H,19,20);3,5-7H,1-2H3/b10-9-;. The van der Waals surface area contributed by atoms with E-state index in [9.17, 15) is 4.79 Å². The zero-order chi connectivity index (χ0) is 21.0. The Morgan fingerprint density at radius 1 is 0.852 bits per heavy atom. The summed E-state index contributed by atoms with van der Waals surface area (Å²) in [5.41, 5.74) is 0. The highest BCUT2D eigenvalue weighted by molar-refractivity contribution is 5.66. The Bertz CT molecular complexity index is 345. The highest BCUT2D eigenvalue weighted by atomic mass is 16.5. The summed E-state index contributed by atoms with van der Waals surface area (Å²) in [6.07, 6.45) is 20.1. The van der Waals surface area contributed by atoms with Gasteiger partial charge in [-0.25, -0.2) is 0 Å². The van der Waals surface area contributed by atoms with Crippen LogP contribution in [0.4, 0.5) is 0 Å². The molecule has 0 bridgehead atoms. The third kappa shape index (κ3) is 27.4. The predicted molar refractivity (Wildman–Crippen MR) is 112 cm³/mol. The molecule has 0 aromatic rings. The molecule has 5 nitrogen and oxygen atoms in total. The zero-order valence-electron chi connectivity index (χ0n) is 17.8. The summed E-state index contributed by atoms with van der Waals surface area (Å²) in [4.78, 5) is 10.3. The van der Waals surface area contributed by atoms with Gasteiger partial charge in [0.1, 0.15) is 6.10 Å². The van der Waals surface area contributed by atoms with Crippen molar-refractivity contribution < 1.29 is 25.2 Å². The van der Waals surface area contributed by atoms with E-state index in [-0.39, 0.29) is 0 Å². The van der Waals surface area contributed by atoms with Crippen molar-refractivity contribution in [1.82, 2.24) is 0 Å². The van der Waals surface area contributed by atoms with Crippen molar-refractivity contribution in [3.8, 4) is 0 Å². The number of carbonyl (C=O) groups is 1. The van der Waals surface area contributed by atoms with Gasteiger partial charge in [0.25, 0.3) is 0 Å². The van der Waals surface area contributed by atoms with Crippen LogP contribution in [0, 0.1) is 0 Å². The van der Waals surface area contributed by atoms with E-state index in [2.05, 4.69) is 19.1 Å². The van der Waals surface area contributed by atoms with E-state index in [1.54, 1.807) is 0 Å². The number of hydrogen-bond donors (Lipinski definition) is 4. The summed E-state index contributed by atoms with van der Waals surface area (Å²) in [6, 6.07) is 0. The van der Waals surface area contributed by atoms with Crippen LogP contribution >= 0.6 is 0 Å². The lowest BCUT2D eigenvalue weighted by Crippen LogP contribution is -2.36. The minimum absolute atomic E-state index is 0.332. The van der Waals surface area contributed by atoms with Gasteiger partial charge >= 0.3 is 5.97 Å². The second-order valence-corrected chi connectivity index (χ2v) is 7.50. The molecule has 4 N–H and O–H groups in total. The van der Waals surface area contributed by atoms with Crippen molar-refractivity contribution in [2.75, 3.05) is 0 Å². The van der Waals surface area contributed by atoms with E-state index in [1.165, 1.54) is 77.6 Å². The number of aliphatic hydroxyl groups excluding tert-OH is 1. The van der Waals surface area contributed by atoms with E-state index in [0.717, 1.165) is 19.8 Å². The van der Waals surface area contributed by atoms with Crippen molar-refractivity contribution in [2.45, 2.75) is 123 Å². The van der Waals surface area contributed by atoms with Crippen molar-refractivity contribution in [3.63, 3.8) is 0 Å². The van der Waals surface area contributed by atoms with Crippen LogP contribution < -0.4 is 0 Å². The van der Waals surface area contributed by atoms with Crippen molar-refractivity contribution in [1.29, 1.82) is 0 Å². The van der Waals surface area contributed by atoms with Gasteiger partial charge in [-0.3, -0.25) is 4.79 Å². The fourth-order valence-electron chi connectivity index (χ4n) is 2.35. The minimum atomic E-state index is -1.94. The van der Waals surface area contributed by atoms with Crippen LogP contribution in [0.3, 0.4) is 0 Å². The normalized spacial score (nSPS) is 12.7. The molecule has 0 aliphatic carbocycles. The van der Waals surface area contributed by atoms with E-state index in [0.29, 0.717) is 6.42 Å². The van der Waals surface area contributed by atoms with Gasteiger partial charge in [0.15, 0.2) is 5.79 Å². The third-order valence-electron chi connectivity index (χ3n) is 4.44. The Morgan fingerprint density at radius 2 is 1.22 bits per heavy atom. The van der Waals surface area contributed by atoms with Crippen molar-refractivity contribution in [2.24, 2.45) is 0 Å². The summed E-state index contributed by atoms with van der Waals surface area (Å²) in [6.45, 7) is 4.69. The number of hydrogen-bond acceptors (Lipinski definition) is 4. The van der Waals surface area contributed by atoms with Gasteiger partial charge in [-0.05, 0) is 46.0 Å². The molecule has 0 heterocycles. The number of aliphatic carboxylic acids is 1. The Balaban J connectivity index is 0. The van der Waals surface area contributed by atoms with Gasteiger partial charge in [0.05, 0.1) is 0 Å². The lowest BCUT2D eigenvalue weighted by Gasteiger charge is -2.17. The number of aliphatic hydroxyl groups is 3. The van der Waals surface area contributed by atoms with Gasteiger partial charge in [0.2, 0.25) is 0 Å². The minimum Gasteiger partial charge on any atom is -0.481 e. The van der Waals surface area contributed by atoms with Crippen molar-refractivity contribution >= 4 is 5.97 Å². The van der Waals surface area contributed by atoms with Crippen molar-refractivity contribution in [3.05, 3.63) is 12.2 Å². The molecule has 0 aromatic carbocycles. The molecule has 0 saturated carbocycles. The molecule has 162 valence electrons. The fourth-order valence-corrected chi connectivity index (χ4v) is 2.35. The molecule has 0 amide bonds. The van der Waals surface area contributed by atoms with Gasteiger partial charge in [0, 0.05) is 6.42 Å². The first-order valence-corrected chi connectivity index (χ1v) is 10.7. The molecule has 0 fully saturated rings. The highest BCUT2D eigenvalue weighted by Crippen LogP contribution is 2.09. The molecular weight excluding hydrogens is 344 g/mol. The van der Waals surface area contributed by atoms with E-state index in [4.69, 9.17) is 20.4 Å². The molecule has 0 rings (SSSR count). The zero-order valence-corrected chi connectivity index (χ0v) is 17.8. The highest BCUT2D eigenvalue weighted by Gasteiger charge is 2.21. The first kappa shape index (κ1) is 28.3. The second-order valence-electron chi connectivity index (χ2n) is 7.50. The van der Waals surface area contributed by atoms with E-state index in [1.807, 2.05) is 0 Å². The second kappa shape index (κ2) is 19.8. The Labute approximate surface area is 166 Å². The number of carboxylic acids is 1. The van der Waals surface area contributed by atoms with Crippen LogP contribution in [0.1, 0.15) is 111 Å². The molecule has 1 atom stereocenters. The predicted octanol–water partition coefficient (Wildman–Crippen LogP) is 5.18. The van der Waals surface area contributed by atoms with E-state index < -0.39 is 17.9 Å². The number of rotatable bonds is 16. The summed E-state index contributed by atoms with van der Waals surface area (Å²) in [5.74, 6) is -2.61. The van der Waals surface area contributed by atoms with Gasteiger partial charge in [-0.2, -0.15) is 0 Å². The molecule has 0 spiro atoms. The van der Waals surface area contributed by atoms with Gasteiger partial charge < -0.3 is 20.4 Å². The molecule has 0 aliphatic rings. The SMILES string of the molecule is CC(O)C(C)(O)O.CCCCCCCC/C=C\CCCCCCCC(=O)O. The summed E-state index contributed by atoms with van der Waals surface area (Å²) >= 11 is 0. The molecule has 0 aromatic heterocycles. The molecule has 27 heavy (non-hydrogen) atoms. The van der Waals surface area contributed by atoms with E-state index >= 15 is 0 Å². The smallest absolute Gasteiger partial charge is 0.303 e. The molecule has 0 saturated heterocycles. The maximum Gasteiger partial charge on any atom is 0.303 e. The lowest BCUT2D eigenvalue weighted by atomic mass is 10.1. The summed E-state index contributed by atoms with van der Waals surface area (Å²) < 4.78 is 0. The first-order valence-electron chi connectivity index (χ1n) is 10.7. The molecule has 0 aliphatic heterocycles. The van der Waals surface area contributed by atoms with Crippen LogP contribution in [-0.4, -0.2) is 38.3 Å². The Kier molecular flexibility index (Phi) is 20.8. The quantitative estimate of drug-likeness (QED) is 0.166. The maximum absolute atomic E-state index is 10.3. The van der Waals surface area contributed by atoms with Crippen LogP contribution in [0.15, 0.2) is 12.2 Å².